The third kappa shape index (κ3) is 3.55. The van der Waals surface area contributed by atoms with Gasteiger partial charge >= 0.3 is 6.55 Å². The first kappa shape index (κ1) is 14.9. The molecule has 2 rings (SSSR count). The maximum atomic E-state index is 12.7. The predicted octanol–water partition coefficient (Wildman–Crippen LogP) is 3.34. The van der Waals surface area contributed by atoms with Gasteiger partial charge in [0.05, 0.1) is 0 Å². The third-order valence-electron chi connectivity index (χ3n) is 2.71. The van der Waals surface area contributed by atoms with Crippen LogP contribution in [0.15, 0.2) is 35.1 Å². The van der Waals surface area contributed by atoms with Gasteiger partial charge in [0.2, 0.25) is 0 Å². The SMILES string of the molecule is CNCc1cc(Br)ccc1OCc1nccn1C(F)F. The summed E-state index contributed by atoms with van der Waals surface area (Å²) in [6.07, 6.45) is 2.57. The number of ether oxygens (including phenoxy) is 1. The van der Waals surface area contributed by atoms with Gasteiger partial charge in [0.25, 0.3) is 0 Å². The minimum absolute atomic E-state index is 0.00428. The first-order chi connectivity index (χ1) is 9.61. The minimum atomic E-state index is -2.61. The van der Waals surface area contributed by atoms with Crippen LogP contribution in [0.25, 0.3) is 0 Å². The smallest absolute Gasteiger partial charge is 0.320 e. The average molecular weight is 346 g/mol. The molecule has 0 bridgehead atoms. The summed E-state index contributed by atoms with van der Waals surface area (Å²) in [5.74, 6) is 0.838. The van der Waals surface area contributed by atoms with Gasteiger partial charge in [-0.25, -0.2) is 4.98 Å². The van der Waals surface area contributed by atoms with Crippen LogP contribution in [0.5, 0.6) is 5.75 Å². The van der Waals surface area contributed by atoms with Crippen LogP contribution in [-0.4, -0.2) is 16.6 Å². The minimum Gasteiger partial charge on any atom is -0.485 e. The van der Waals surface area contributed by atoms with Crippen molar-refractivity contribution < 1.29 is 13.5 Å². The number of nitrogens with one attached hydrogen (secondary N) is 1. The second-order valence-electron chi connectivity index (χ2n) is 4.10. The van der Waals surface area contributed by atoms with Crippen molar-refractivity contribution in [2.24, 2.45) is 0 Å². The van der Waals surface area contributed by atoms with Crippen molar-refractivity contribution in [2.75, 3.05) is 7.05 Å². The number of imidazole rings is 1. The van der Waals surface area contributed by atoms with Crippen LogP contribution in [0.2, 0.25) is 0 Å². The molecule has 0 amide bonds. The van der Waals surface area contributed by atoms with E-state index in [2.05, 4.69) is 26.2 Å². The number of hydrogen-bond donors (Lipinski definition) is 1. The zero-order chi connectivity index (χ0) is 14.5. The van der Waals surface area contributed by atoms with Crippen LogP contribution in [0.1, 0.15) is 17.9 Å². The quantitative estimate of drug-likeness (QED) is 0.872. The standard InChI is InChI=1S/C13H14BrF2N3O/c1-17-7-9-6-10(14)2-3-11(9)20-8-12-18-4-5-19(12)13(15)16/h2-6,13,17H,7-8H2,1H3. The lowest BCUT2D eigenvalue weighted by Gasteiger charge is -2.12. The summed E-state index contributed by atoms with van der Waals surface area (Å²) in [5.41, 5.74) is 0.942. The van der Waals surface area contributed by atoms with Gasteiger partial charge < -0.3 is 10.1 Å². The lowest BCUT2D eigenvalue weighted by atomic mass is 10.2. The van der Waals surface area contributed by atoms with Gasteiger partial charge in [-0.2, -0.15) is 8.78 Å². The van der Waals surface area contributed by atoms with Crippen molar-refractivity contribution in [3.8, 4) is 5.75 Å². The molecule has 108 valence electrons. The van der Waals surface area contributed by atoms with E-state index in [0.717, 1.165) is 14.6 Å². The molecule has 0 saturated carbocycles. The van der Waals surface area contributed by atoms with Gasteiger partial charge in [0.1, 0.15) is 12.4 Å². The normalized spacial score (nSPS) is 11.1. The molecule has 20 heavy (non-hydrogen) atoms. The number of hydrogen-bond acceptors (Lipinski definition) is 3. The van der Waals surface area contributed by atoms with Crippen LogP contribution in [0, 0.1) is 0 Å². The average Bonchev–Trinajstić information content (AvgIpc) is 2.87. The van der Waals surface area contributed by atoms with Gasteiger partial charge in [-0.15, -0.1) is 0 Å². The molecule has 0 aliphatic heterocycles. The van der Waals surface area contributed by atoms with Crippen molar-refractivity contribution in [1.29, 1.82) is 0 Å². The fraction of sp³-hybridized carbons (Fsp3) is 0.308. The lowest BCUT2D eigenvalue weighted by molar-refractivity contribution is 0.0632. The molecule has 0 atom stereocenters. The molecular formula is C13H14BrF2N3O. The maximum absolute atomic E-state index is 12.7. The van der Waals surface area contributed by atoms with Crippen LogP contribution in [0.3, 0.4) is 0 Å². The largest absolute Gasteiger partial charge is 0.485 e. The molecule has 0 saturated heterocycles. The van der Waals surface area contributed by atoms with E-state index in [4.69, 9.17) is 4.74 Å². The molecule has 0 fully saturated rings. The molecule has 1 heterocycles. The van der Waals surface area contributed by atoms with E-state index in [1.54, 1.807) is 6.07 Å². The Labute approximate surface area is 123 Å². The summed E-state index contributed by atoms with van der Waals surface area (Å²) in [5, 5.41) is 3.03. The molecule has 1 aromatic heterocycles. The molecule has 1 N–H and O–H groups in total. The lowest BCUT2D eigenvalue weighted by Crippen LogP contribution is -2.10. The highest BCUT2D eigenvalue weighted by Gasteiger charge is 2.12. The highest BCUT2D eigenvalue weighted by molar-refractivity contribution is 9.10. The van der Waals surface area contributed by atoms with Gasteiger partial charge in [-0.1, -0.05) is 15.9 Å². The monoisotopic (exact) mass is 345 g/mol. The summed E-state index contributed by atoms with van der Waals surface area (Å²) in [6.45, 7) is -1.99. The van der Waals surface area contributed by atoms with E-state index in [9.17, 15) is 8.78 Å². The van der Waals surface area contributed by atoms with E-state index in [1.807, 2.05) is 19.2 Å². The highest BCUT2D eigenvalue weighted by Crippen LogP contribution is 2.24. The summed E-state index contributed by atoms with van der Waals surface area (Å²) in [6, 6.07) is 5.56. The van der Waals surface area contributed by atoms with E-state index in [-0.39, 0.29) is 12.4 Å². The van der Waals surface area contributed by atoms with E-state index in [0.29, 0.717) is 12.3 Å². The molecule has 7 heteroatoms. The number of alkyl halides is 2. The fourth-order valence-electron chi connectivity index (χ4n) is 1.79. The van der Waals surface area contributed by atoms with Gasteiger partial charge in [-0.3, -0.25) is 4.57 Å². The molecule has 4 nitrogen and oxygen atoms in total. The number of nitrogens with zero attached hydrogens (tertiary/aromatic N) is 2. The van der Waals surface area contributed by atoms with Crippen molar-refractivity contribution >= 4 is 15.9 Å². The number of benzene rings is 1. The summed E-state index contributed by atoms with van der Waals surface area (Å²) < 4.78 is 32.7. The topological polar surface area (TPSA) is 39.1 Å². The molecule has 0 aliphatic rings. The van der Waals surface area contributed by atoms with E-state index < -0.39 is 6.55 Å². The Morgan fingerprint density at radius 3 is 2.95 bits per heavy atom. The zero-order valence-corrected chi connectivity index (χ0v) is 12.4. The Balaban J connectivity index is 2.12. The molecule has 0 spiro atoms. The fourth-order valence-corrected chi connectivity index (χ4v) is 2.20. The first-order valence-electron chi connectivity index (χ1n) is 5.97. The van der Waals surface area contributed by atoms with Crippen molar-refractivity contribution in [2.45, 2.75) is 19.7 Å². The van der Waals surface area contributed by atoms with E-state index >= 15 is 0 Å². The highest BCUT2D eigenvalue weighted by atomic mass is 79.9. The van der Waals surface area contributed by atoms with Crippen LogP contribution in [-0.2, 0) is 13.2 Å². The maximum Gasteiger partial charge on any atom is 0.320 e. The summed E-state index contributed by atoms with van der Waals surface area (Å²) in [7, 11) is 1.83. The summed E-state index contributed by atoms with van der Waals surface area (Å²) >= 11 is 3.39. The second kappa shape index (κ2) is 6.81. The van der Waals surface area contributed by atoms with Crippen molar-refractivity contribution in [3.05, 3.63) is 46.5 Å². The molecule has 0 unspecified atom stereocenters. The Morgan fingerprint density at radius 2 is 2.25 bits per heavy atom. The van der Waals surface area contributed by atoms with Gasteiger partial charge in [-0.05, 0) is 25.2 Å². The zero-order valence-electron chi connectivity index (χ0n) is 10.8. The second-order valence-corrected chi connectivity index (χ2v) is 5.02. The third-order valence-corrected chi connectivity index (χ3v) is 3.20. The molecule has 1 aromatic carbocycles. The number of halogens is 3. The molecule has 2 aromatic rings. The van der Waals surface area contributed by atoms with Crippen LogP contribution in [0.4, 0.5) is 8.78 Å². The Kier molecular flexibility index (Phi) is 5.08. The Hall–Kier alpha value is -1.47. The summed E-state index contributed by atoms with van der Waals surface area (Å²) in [4.78, 5) is 3.88. The van der Waals surface area contributed by atoms with Crippen LogP contribution < -0.4 is 10.1 Å². The molecular weight excluding hydrogens is 332 g/mol. The van der Waals surface area contributed by atoms with Crippen LogP contribution >= 0.6 is 15.9 Å². The Bertz CT molecular complexity index is 574. The molecule has 0 aliphatic carbocycles. The Morgan fingerprint density at radius 1 is 1.45 bits per heavy atom. The van der Waals surface area contributed by atoms with E-state index in [1.165, 1.54) is 12.4 Å². The van der Waals surface area contributed by atoms with Crippen molar-refractivity contribution in [3.63, 3.8) is 0 Å². The number of rotatable bonds is 6. The van der Waals surface area contributed by atoms with Gasteiger partial charge in [0, 0.05) is 29.0 Å². The molecule has 0 radical (unpaired) electrons. The van der Waals surface area contributed by atoms with Crippen molar-refractivity contribution in [1.82, 2.24) is 14.9 Å². The first-order valence-corrected chi connectivity index (χ1v) is 6.77. The number of aromatic nitrogens is 2. The van der Waals surface area contributed by atoms with Gasteiger partial charge in [0.15, 0.2) is 5.82 Å². The predicted molar refractivity (Wildman–Crippen MR) is 74.7 cm³/mol.